The van der Waals surface area contributed by atoms with Crippen LogP contribution >= 0.6 is 11.8 Å². The highest BCUT2D eigenvalue weighted by molar-refractivity contribution is 7.97. The first-order chi connectivity index (χ1) is 6.72. The molecular weight excluding hydrogens is 204 g/mol. The highest BCUT2D eigenvalue weighted by atomic mass is 32.2. The normalized spacial score (nSPS) is 10.4. The van der Waals surface area contributed by atoms with Crippen molar-refractivity contribution >= 4 is 17.7 Å². The zero-order valence-electron chi connectivity index (χ0n) is 7.82. The average molecular weight is 216 g/mol. The van der Waals surface area contributed by atoms with Crippen LogP contribution in [0.3, 0.4) is 0 Å². The molecule has 3 N–H and O–H groups in total. The molecular formula is C7H12N4O2S. The van der Waals surface area contributed by atoms with Crippen molar-refractivity contribution in [1.29, 1.82) is 0 Å². The van der Waals surface area contributed by atoms with Gasteiger partial charge in [0, 0.05) is 0 Å². The summed E-state index contributed by atoms with van der Waals surface area (Å²) in [5, 5.41) is 6.52. The van der Waals surface area contributed by atoms with Crippen LogP contribution in [0.5, 0.6) is 0 Å². The van der Waals surface area contributed by atoms with E-state index in [1.807, 2.05) is 6.26 Å². The monoisotopic (exact) mass is 216 g/mol. The van der Waals surface area contributed by atoms with Crippen molar-refractivity contribution in [3.8, 4) is 0 Å². The summed E-state index contributed by atoms with van der Waals surface area (Å²) in [5.41, 5.74) is 4.94. The quantitative estimate of drug-likeness (QED) is 0.666. The van der Waals surface area contributed by atoms with Gasteiger partial charge >= 0.3 is 0 Å². The predicted molar refractivity (Wildman–Crippen MR) is 52.4 cm³/mol. The molecule has 6 nitrogen and oxygen atoms in total. The Balaban J connectivity index is 2.32. The van der Waals surface area contributed by atoms with Gasteiger partial charge < -0.3 is 10.3 Å². The van der Waals surface area contributed by atoms with Crippen molar-refractivity contribution in [3.05, 3.63) is 11.7 Å². The minimum absolute atomic E-state index is 0.111. The summed E-state index contributed by atoms with van der Waals surface area (Å²) in [6.45, 7) is 0.477. The number of primary amides is 1. The van der Waals surface area contributed by atoms with Gasteiger partial charge in [-0.05, 0) is 6.26 Å². The van der Waals surface area contributed by atoms with E-state index >= 15 is 0 Å². The fraction of sp³-hybridized carbons (Fsp3) is 0.571. The number of carbonyl (C=O) groups is 1. The van der Waals surface area contributed by atoms with Crippen LogP contribution in [0.25, 0.3) is 0 Å². The molecule has 0 aliphatic rings. The summed E-state index contributed by atoms with van der Waals surface area (Å²) in [4.78, 5) is 14.5. The largest absolute Gasteiger partial charge is 0.369 e. The SMILES string of the molecule is CSCc1noc(CNCC(N)=O)n1. The Morgan fingerprint density at radius 3 is 3.14 bits per heavy atom. The van der Waals surface area contributed by atoms with Gasteiger partial charge in [0.1, 0.15) is 0 Å². The van der Waals surface area contributed by atoms with Crippen molar-refractivity contribution in [2.24, 2.45) is 5.73 Å². The second-order valence-electron chi connectivity index (χ2n) is 2.61. The number of rotatable bonds is 6. The molecule has 0 bridgehead atoms. The third-order valence-corrected chi connectivity index (χ3v) is 1.91. The van der Waals surface area contributed by atoms with E-state index in [-0.39, 0.29) is 6.54 Å². The van der Waals surface area contributed by atoms with Crippen LogP contribution in [-0.4, -0.2) is 28.8 Å². The first kappa shape index (κ1) is 11.0. The van der Waals surface area contributed by atoms with E-state index in [9.17, 15) is 4.79 Å². The van der Waals surface area contributed by atoms with Gasteiger partial charge in [0.15, 0.2) is 5.82 Å². The van der Waals surface area contributed by atoms with E-state index in [0.717, 1.165) is 5.75 Å². The van der Waals surface area contributed by atoms with E-state index in [4.69, 9.17) is 10.3 Å². The summed E-state index contributed by atoms with van der Waals surface area (Å²) in [7, 11) is 0. The van der Waals surface area contributed by atoms with Crippen molar-refractivity contribution < 1.29 is 9.32 Å². The molecule has 0 saturated heterocycles. The molecule has 14 heavy (non-hydrogen) atoms. The Hall–Kier alpha value is -1.08. The third-order valence-electron chi connectivity index (χ3n) is 1.36. The second kappa shape index (κ2) is 5.61. The molecule has 1 amide bonds. The van der Waals surface area contributed by atoms with Crippen LogP contribution < -0.4 is 11.1 Å². The summed E-state index contributed by atoms with van der Waals surface area (Å²) in [6.07, 6.45) is 1.96. The Labute approximate surface area is 85.6 Å². The molecule has 0 fully saturated rings. The van der Waals surface area contributed by atoms with E-state index in [2.05, 4.69) is 15.5 Å². The minimum atomic E-state index is -0.408. The number of nitrogens with two attached hydrogens (primary N) is 1. The highest BCUT2D eigenvalue weighted by Crippen LogP contribution is 2.04. The molecule has 0 spiro atoms. The fourth-order valence-corrected chi connectivity index (χ4v) is 1.22. The van der Waals surface area contributed by atoms with Gasteiger partial charge in [-0.1, -0.05) is 5.16 Å². The number of nitrogens with zero attached hydrogens (tertiary/aromatic N) is 2. The Morgan fingerprint density at radius 1 is 1.71 bits per heavy atom. The maximum atomic E-state index is 10.4. The number of carbonyl (C=O) groups excluding carboxylic acids is 1. The fourth-order valence-electron chi connectivity index (χ4n) is 0.842. The maximum Gasteiger partial charge on any atom is 0.240 e. The van der Waals surface area contributed by atoms with Crippen molar-refractivity contribution in [1.82, 2.24) is 15.5 Å². The lowest BCUT2D eigenvalue weighted by Crippen LogP contribution is -2.28. The lowest BCUT2D eigenvalue weighted by molar-refractivity contribution is -0.117. The van der Waals surface area contributed by atoms with Crippen molar-refractivity contribution in [2.45, 2.75) is 12.3 Å². The molecule has 1 aromatic heterocycles. The molecule has 0 aromatic carbocycles. The molecule has 0 aliphatic heterocycles. The first-order valence-electron chi connectivity index (χ1n) is 4.02. The molecule has 1 rings (SSSR count). The van der Waals surface area contributed by atoms with Gasteiger partial charge in [-0.3, -0.25) is 10.1 Å². The predicted octanol–water partition coefficient (Wildman–Crippen LogP) is -0.492. The summed E-state index contributed by atoms with van der Waals surface area (Å²) in [6, 6.07) is 0. The number of thioether (sulfide) groups is 1. The van der Waals surface area contributed by atoms with Crippen molar-refractivity contribution in [2.75, 3.05) is 12.8 Å². The molecule has 0 aliphatic carbocycles. The Bertz CT molecular complexity index is 302. The zero-order chi connectivity index (χ0) is 10.4. The zero-order valence-corrected chi connectivity index (χ0v) is 8.63. The van der Waals surface area contributed by atoms with Gasteiger partial charge in [0.05, 0.1) is 18.8 Å². The lowest BCUT2D eigenvalue weighted by atomic mass is 10.5. The highest BCUT2D eigenvalue weighted by Gasteiger charge is 2.04. The van der Waals surface area contributed by atoms with Crippen LogP contribution in [-0.2, 0) is 17.1 Å². The second-order valence-corrected chi connectivity index (χ2v) is 3.47. The van der Waals surface area contributed by atoms with Gasteiger partial charge in [-0.15, -0.1) is 0 Å². The van der Waals surface area contributed by atoms with Crippen LogP contribution in [0.2, 0.25) is 0 Å². The number of aromatic nitrogens is 2. The molecule has 1 aromatic rings. The summed E-state index contributed by atoms with van der Waals surface area (Å²) >= 11 is 1.62. The first-order valence-corrected chi connectivity index (χ1v) is 5.41. The summed E-state index contributed by atoms with van der Waals surface area (Å²) in [5.74, 6) is 1.44. The number of amides is 1. The summed E-state index contributed by atoms with van der Waals surface area (Å²) < 4.78 is 4.91. The molecule has 0 radical (unpaired) electrons. The molecule has 0 unspecified atom stereocenters. The van der Waals surface area contributed by atoms with E-state index in [1.54, 1.807) is 11.8 Å². The molecule has 1 heterocycles. The molecule has 0 saturated carbocycles. The topological polar surface area (TPSA) is 94.0 Å². The minimum Gasteiger partial charge on any atom is -0.369 e. The number of hydrogen-bond donors (Lipinski definition) is 2. The van der Waals surface area contributed by atoms with Crippen LogP contribution in [0.1, 0.15) is 11.7 Å². The number of hydrogen-bond acceptors (Lipinski definition) is 6. The van der Waals surface area contributed by atoms with Gasteiger partial charge in [0.2, 0.25) is 11.8 Å². The Morgan fingerprint density at radius 2 is 2.50 bits per heavy atom. The smallest absolute Gasteiger partial charge is 0.240 e. The van der Waals surface area contributed by atoms with Crippen LogP contribution in [0.15, 0.2) is 4.52 Å². The van der Waals surface area contributed by atoms with Gasteiger partial charge in [0.25, 0.3) is 0 Å². The molecule has 78 valence electrons. The van der Waals surface area contributed by atoms with E-state index in [0.29, 0.717) is 18.3 Å². The van der Waals surface area contributed by atoms with Gasteiger partial charge in [-0.25, -0.2) is 0 Å². The third kappa shape index (κ3) is 3.75. The average Bonchev–Trinajstić information content (AvgIpc) is 2.53. The van der Waals surface area contributed by atoms with E-state index in [1.165, 1.54) is 0 Å². The lowest BCUT2D eigenvalue weighted by Gasteiger charge is -1.95. The van der Waals surface area contributed by atoms with Crippen molar-refractivity contribution in [3.63, 3.8) is 0 Å². The van der Waals surface area contributed by atoms with Crippen LogP contribution in [0, 0.1) is 0 Å². The van der Waals surface area contributed by atoms with E-state index < -0.39 is 5.91 Å². The van der Waals surface area contributed by atoms with Gasteiger partial charge in [-0.2, -0.15) is 16.7 Å². The number of nitrogens with one attached hydrogen (secondary N) is 1. The Kier molecular flexibility index (Phi) is 4.41. The standard InChI is InChI=1S/C7H12N4O2S/c1-14-4-6-10-7(13-11-6)3-9-2-5(8)12/h9H,2-4H2,1H3,(H2,8,12). The maximum absolute atomic E-state index is 10.4. The molecule has 7 heteroatoms. The molecule has 0 atom stereocenters. The van der Waals surface area contributed by atoms with Crippen LogP contribution in [0.4, 0.5) is 0 Å².